The summed E-state index contributed by atoms with van der Waals surface area (Å²) in [5.41, 5.74) is 2.42. The minimum atomic E-state index is -0.282. The number of benzene rings is 2. The Morgan fingerprint density at radius 1 is 1.00 bits per heavy atom. The standard InChI is InChI=1S/C17H11N3O2/c21-14-8-11(7-13-16(14)19-9-20-17(13)22)12-5-1-3-10-4-2-6-18-15(10)12/h1-9,21H,(H,19,20,22). The van der Waals surface area contributed by atoms with E-state index in [2.05, 4.69) is 15.0 Å². The van der Waals surface area contributed by atoms with Crippen LogP contribution in [0.25, 0.3) is 32.9 Å². The van der Waals surface area contributed by atoms with Crippen molar-refractivity contribution in [2.24, 2.45) is 0 Å². The summed E-state index contributed by atoms with van der Waals surface area (Å²) >= 11 is 0. The predicted molar refractivity (Wildman–Crippen MR) is 84.8 cm³/mol. The first-order valence-electron chi connectivity index (χ1n) is 6.78. The van der Waals surface area contributed by atoms with E-state index in [1.807, 2.05) is 30.3 Å². The van der Waals surface area contributed by atoms with E-state index < -0.39 is 0 Å². The van der Waals surface area contributed by atoms with Gasteiger partial charge in [0.25, 0.3) is 5.56 Å². The van der Waals surface area contributed by atoms with Gasteiger partial charge in [0.15, 0.2) is 0 Å². The van der Waals surface area contributed by atoms with Crippen LogP contribution in [-0.4, -0.2) is 20.1 Å². The van der Waals surface area contributed by atoms with Crippen molar-refractivity contribution in [1.82, 2.24) is 15.0 Å². The molecule has 0 aliphatic heterocycles. The van der Waals surface area contributed by atoms with Gasteiger partial charge in [0.1, 0.15) is 11.3 Å². The Balaban J connectivity index is 2.09. The molecule has 2 N–H and O–H groups in total. The molecule has 0 unspecified atom stereocenters. The number of pyridine rings is 1. The summed E-state index contributed by atoms with van der Waals surface area (Å²) in [6.45, 7) is 0. The van der Waals surface area contributed by atoms with Gasteiger partial charge in [0.2, 0.25) is 0 Å². The minimum Gasteiger partial charge on any atom is -0.506 e. The molecule has 0 bridgehead atoms. The zero-order valence-electron chi connectivity index (χ0n) is 11.4. The van der Waals surface area contributed by atoms with Gasteiger partial charge < -0.3 is 10.1 Å². The third-order valence-electron chi connectivity index (χ3n) is 3.67. The Kier molecular flexibility index (Phi) is 2.66. The molecule has 106 valence electrons. The van der Waals surface area contributed by atoms with Crippen LogP contribution in [0.3, 0.4) is 0 Å². The van der Waals surface area contributed by atoms with Gasteiger partial charge in [-0.2, -0.15) is 0 Å². The van der Waals surface area contributed by atoms with Crippen molar-refractivity contribution in [2.75, 3.05) is 0 Å². The number of H-pyrrole nitrogens is 1. The number of aromatic amines is 1. The molecule has 2 aromatic carbocycles. The number of fused-ring (bicyclic) bond motifs is 2. The normalized spacial score (nSPS) is 11.1. The molecular weight excluding hydrogens is 278 g/mol. The first kappa shape index (κ1) is 12.5. The Morgan fingerprint density at radius 2 is 1.86 bits per heavy atom. The third-order valence-corrected chi connectivity index (χ3v) is 3.67. The number of para-hydroxylation sites is 1. The van der Waals surface area contributed by atoms with Crippen molar-refractivity contribution in [2.45, 2.75) is 0 Å². The molecule has 0 saturated heterocycles. The quantitative estimate of drug-likeness (QED) is 0.564. The minimum absolute atomic E-state index is 0.0217. The largest absolute Gasteiger partial charge is 0.506 e. The smallest absolute Gasteiger partial charge is 0.258 e. The van der Waals surface area contributed by atoms with Crippen LogP contribution in [0.2, 0.25) is 0 Å². The second-order valence-electron chi connectivity index (χ2n) is 5.00. The molecule has 5 heteroatoms. The van der Waals surface area contributed by atoms with E-state index in [9.17, 15) is 9.90 Å². The second kappa shape index (κ2) is 4.66. The summed E-state index contributed by atoms with van der Waals surface area (Å²) in [6, 6.07) is 13.0. The van der Waals surface area contributed by atoms with Gasteiger partial charge in [-0.25, -0.2) is 4.98 Å². The lowest BCUT2D eigenvalue weighted by atomic mass is 10.00. The number of phenolic OH excluding ortho intramolecular Hbond substituents is 1. The number of phenols is 1. The van der Waals surface area contributed by atoms with E-state index in [-0.39, 0.29) is 11.3 Å². The summed E-state index contributed by atoms with van der Waals surface area (Å²) < 4.78 is 0. The van der Waals surface area contributed by atoms with Crippen molar-refractivity contribution in [1.29, 1.82) is 0 Å². The number of nitrogens with zero attached hydrogens (tertiary/aromatic N) is 2. The molecule has 0 fully saturated rings. The molecule has 5 nitrogen and oxygen atoms in total. The first-order chi connectivity index (χ1) is 10.7. The van der Waals surface area contributed by atoms with Gasteiger partial charge in [-0.05, 0) is 23.8 Å². The van der Waals surface area contributed by atoms with E-state index in [0.29, 0.717) is 10.9 Å². The summed E-state index contributed by atoms with van der Waals surface area (Å²) in [6.07, 6.45) is 3.00. The number of aromatic hydroxyl groups is 1. The Labute approximate surface area is 124 Å². The number of rotatable bonds is 1. The number of hydrogen-bond acceptors (Lipinski definition) is 4. The predicted octanol–water partition coefficient (Wildman–Crippen LogP) is 2.84. The van der Waals surface area contributed by atoms with Crippen LogP contribution in [0.5, 0.6) is 5.75 Å². The summed E-state index contributed by atoms with van der Waals surface area (Å²) in [7, 11) is 0. The lowest BCUT2D eigenvalue weighted by Gasteiger charge is -2.08. The van der Waals surface area contributed by atoms with Crippen molar-refractivity contribution < 1.29 is 5.11 Å². The highest BCUT2D eigenvalue weighted by atomic mass is 16.3. The summed E-state index contributed by atoms with van der Waals surface area (Å²) in [5.74, 6) is -0.0217. The highest BCUT2D eigenvalue weighted by molar-refractivity contribution is 5.97. The molecular formula is C17H11N3O2. The second-order valence-corrected chi connectivity index (χ2v) is 5.00. The number of aromatic nitrogens is 3. The summed E-state index contributed by atoms with van der Waals surface area (Å²) in [4.78, 5) is 22.9. The average molecular weight is 289 g/mol. The maximum atomic E-state index is 12.0. The molecule has 0 radical (unpaired) electrons. The molecule has 0 aliphatic carbocycles. The maximum Gasteiger partial charge on any atom is 0.258 e. The lowest BCUT2D eigenvalue weighted by Crippen LogP contribution is -2.06. The Morgan fingerprint density at radius 3 is 2.77 bits per heavy atom. The fraction of sp³-hybridized carbons (Fsp3) is 0. The van der Waals surface area contributed by atoms with Crippen molar-refractivity contribution in [3.63, 3.8) is 0 Å². The summed E-state index contributed by atoms with van der Waals surface area (Å²) in [5, 5.41) is 11.5. The molecule has 0 amide bonds. The lowest BCUT2D eigenvalue weighted by molar-refractivity contribution is 0.480. The highest BCUT2D eigenvalue weighted by Crippen LogP contribution is 2.32. The van der Waals surface area contributed by atoms with Gasteiger partial charge in [0.05, 0.1) is 17.2 Å². The average Bonchev–Trinajstić information content (AvgIpc) is 2.55. The Bertz CT molecular complexity index is 1060. The number of hydrogen-bond donors (Lipinski definition) is 2. The maximum absolute atomic E-state index is 12.0. The molecule has 2 aromatic heterocycles. The fourth-order valence-corrected chi connectivity index (χ4v) is 2.65. The van der Waals surface area contributed by atoms with Crippen LogP contribution in [-0.2, 0) is 0 Å². The third kappa shape index (κ3) is 1.83. The zero-order valence-corrected chi connectivity index (χ0v) is 11.4. The molecule has 22 heavy (non-hydrogen) atoms. The van der Waals surface area contributed by atoms with Crippen LogP contribution < -0.4 is 5.56 Å². The van der Waals surface area contributed by atoms with Gasteiger partial charge in [0, 0.05) is 17.1 Å². The van der Waals surface area contributed by atoms with E-state index in [1.54, 1.807) is 18.3 Å². The molecule has 4 rings (SSSR count). The van der Waals surface area contributed by atoms with Crippen molar-refractivity contribution >= 4 is 21.8 Å². The van der Waals surface area contributed by atoms with Crippen LogP contribution in [0.1, 0.15) is 0 Å². The molecule has 0 aliphatic rings. The van der Waals surface area contributed by atoms with Gasteiger partial charge in [-0.3, -0.25) is 9.78 Å². The van der Waals surface area contributed by atoms with E-state index in [0.717, 1.165) is 22.0 Å². The molecule has 0 saturated carbocycles. The number of nitrogens with one attached hydrogen (secondary N) is 1. The van der Waals surface area contributed by atoms with Crippen molar-refractivity contribution in [3.8, 4) is 16.9 Å². The topological polar surface area (TPSA) is 78.9 Å². The molecule has 2 heterocycles. The van der Waals surface area contributed by atoms with Gasteiger partial charge in [-0.15, -0.1) is 0 Å². The van der Waals surface area contributed by atoms with Crippen LogP contribution in [0.15, 0.2) is 59.8 Å². The molecule has 4 aromatic rings. The van der Waals surface area contributed by atoms with E-state index in [4.69, 9.17) is 0 Å². The molecule has 0 spiro atoms. The van der Waals surface area contributed by atoms with E-state index in [1.165, 1.54) is 6.33 Å². The highest BCUT2D eigenvalue weighted by Gasteiger charge is 2.11. The van der Waals surface area contributed by atoms with Gasteiger partial charge >= 0.3 is 0 Å². The molecule has 0 atom stereocenters. The van der Waals surface area contributed by atoms with Gasteiger partial charge in [-0.1, -0.05) is 24.3 Å². The SMILES string of the molecule is O=c1[nH]cnc2c(O)cc(-c3cccc4cccnc34)cc12. The monoisotopic (exact) mass is 289 g/mol. The fourth-order valence-electron chi connectivity index (χ4n) is 2.65. The van der Waals surface area contributed by atoms with Crippen molar-refractivity contribution in [3.05, 3.63) is 65.3 Å². The Hall–Kier alpha value is -3.21. The first-order valence-corrected chi connectivity index (χ1v) is 6.78. The van der Waals surface area contributed by atoms with Crippen LogP contribution in [0.4, 0.5) is 0 Å². The van der Waals surface area contributed by atoms with E-state index >= 15 is 0 Å². The van der Waals surface area contributed by atoms with Crippen LogP contribution >= 0.6 is 0 Å². The zero-order chi connectivity index (χ0) is 15.1. The van der Waals surface area contributed by atoms with Crippen LogP contribution in [0, 0.1) is 0 Å².